The molecule has 0 bridgehead atoms. The molecule has 6 heteroatoms. The number of nitrogens with one attached hydrogen (secondary N) is 2. The molecule has 2 aromatic rings. The smallest absolute Gasteiger partial charge is 0.197 e. The Bertz CT molecular complexity index is 584. The zero-order valence-electron chi connectivity index (χ0n) is 9.32. The van der Waals surface area contributed by atoms with Gasteiger partial charge in [-0.2, -0.15) is 5.10 Å². The zero-order valence-corrected chi connectivity index (χ0v) is 9.32. The summed E-state index contributed by atoms with van der Waals surface area (Å²) in [7, 11) is 0. The summed E-state index contributed by atoms with van der Waals surface area (Å²) in [6, 6.07) is 1.76. The third-order valence-corrected chi connectivity index (χ3v) is 2.90. The van der Waals surface area contributed by atoms with Crippen molar-refractivity contribution in [1.29, 1.82) is 0 Å². The van der Waals surface area contributed by atoms with Gasteiger partial charge in [-0.3, -0.25) is 9.89 Å². The maximum atomic E-state index is 11.7. The summed E-state index contributed by atoms with van der Waals surface area (Å²) in [5.41, 5.74) is 2.13. The van der Waals surface area contributed by atoms with E-state index in [0.29, 0.717) is 23.5 Å². The molecule has 1 atom stereocenters. The van der Waals surface area contributed by atoms with Gasteiger partial charge in [0.15, 0.2) is 11.6 Å². The van der Waals surface area contributed by atoms with Gasteiger partial charge < -0.3 is 10.1 Å². The van der Waals surface area contributed by atoms with Crippen LogP contribution in [-0.4, -0.2) is 37.2 Å². The van der Waals surface area contributed by atoms with Crippen LogP contribution in [0.25, 0.3) is 11.5 Å². The predicted molar refractivity (Wildman–Crippen MR) is 59.6 cm³/mol. The second kappa shape index (κ2) is 3.53. The minimum Gasteiger partial charge on any atom is -0.392 e. The van der Waals surface area contributed by atoms with Gasteiger partial charge in [0.2, 0.25) is 0 Å². The van der Waals surface area contributed by atoms with Crippen LogP contribution in [0, 0.1) is 6.92 Å². The van der Waals surface area contributed by atoms with Crippen molar-refractivity contribution in [1.82, 2.24) is 20.2 Å². The number of hydrogen-bond donors (Lipinski definition) is 3. The highest BCUT2D eigenvalue weighted by atomic mass is 16.3. The van der Waals surface area contributed by atoms with Crippen molar-refractivity contribution in [3.05, 3.63) is 23.1 Å². The molecule has 1 aliphatic rings. The van der Waals surface area contributed by atoms with Gasteiger partial charge in [-0.15, -0.1) is 0 Å². The second-order valence-corrected chi connectivity index (χ2v) is 4.30. The van der Waals surface area contributed by atoms with Crippen LogP contribution in [0.3, 0.4) is 0 Å². The van der Waals surface area contributed by atoms with E-state index in [4.69, 9.17) is 0 Å². The molecular weight excluding hydrogens is 220 g/mol. The number of aromatic nitrogens is 4. The second-order valence-electron chi connectivity index (χ2n) is 4.30. The molecule has 0 aromatic carbocycles. The van der Waals surface area contributed by atoms with E-state index in [9.17, 15) is 9.90 Å². The van der Waals surface area contributed by atoms with Gasteiger partial charge in [0.1, 0.15) is 5.82 Å². The zero-order chi connectivity index (χ0) is 12.0. The van der Waals surface area contributed by atoms with E-state index in [1.165, 1.54) is 0 Å². The number of ketones is 1. The Morgan fingerprint density at radius 2 is 2.29 bits per heavy atom. The number of aliphatic hydroxyl groups is 1. The molecule has 0 aliphatic heterocycles. The van der Waals surface area contributed by atoms with Crippen molar-refractivity contribution in [2.24, 2.45) is 0 Å². The molecular formula is C11H12N4O2. The quantitative estimate of drug-likeness (QED) is 0.671. The van der Waals surface area contributed by atoms with Crippen LogP contribution in [0.4, 0.5) is 0 Å². The van der Waals surface area contributed by atoms with Crippen molar-refractivity contribution in [2.45, 2.75) is 25.9 Å². The Balaban J connectivity index is 2.05. The number of aryl methyl sites for hydroxylation is 1. The van der Waals surface area contributed by atoms with Gasteiger partial charge >= 0.3 is 0 Å². The number of hydrogen-bond acceptors (Lipinski definition) is 4. The third-order valence-electron chi connectivity index (χ3n) is 2.90. The first-order valence-corrected chi connectivity index (χ1v) is 5.46. The number of rotatable bonds is 1. The van der Waals surface area contributed by atoms with Gasteiger partial charge in [-0.05, 0) is 13.0 Å². The number of aromatic amines is 2. The monoisotopic (exact) mass is 232 g/mol. The maximum absolute atomic E-state index is 11.7. The molecule has 2 heterocycles. The number of fused-ring (bicyclic) bond motifs is 1. The molecule has 3 N–H and O–H groups in total. The summed E-state index contributed by atoms with van der Waals surface area (Å²) in [5.74, 6) is 1.23. The van der Waals surface area contributed by atoms with Gasteiger partial charge in [0, 0.05) is 24.1 Å². The number of carbonyl (C=O) groups is 1. The Morgan fingerprint density at radius 1 is 1.47 bits per heavy atom. The van der Waals surface area contributed by atoms with E-state index in [2.05, 4.69) is 20.2 Å². The minimum atomic E-state index is -0.588. The van der Waals surface area contributed by atoms with Crippen LogP contribution in [0.1, 0.15) is 28.3 Å². The van der Waals surface area contributed by atoms with Gasteiger partial charge in [0.25, 0.3) is 0 Å². The number of Topliss-reactive ketones (excluding diaryl/α,β-unsaturated/α-hetero) is 1. The lowest BCUT2D eigenvalue weighted by Gasteiger charge is -2.15. The van der Waals surface area contributed by atoms with Crippen LogP contribution in [0.2, 0.25) is 0 Å². The first-order chi connectivity index (χ1) is 8.13. The van der Waals surface area contributed by atoms with E-state index in [0.717, 1.165) is 11.5 Å². The van der Waals surface area contributed by atoms with Crippen LogP contribution in [0.5, 0.6) is 0 Å². The highest BCUT2D eigenvalue weighted by molar-refractivity contribution is 5.99. The van der Waals surface area contributed by atoms with Gasteiger partial charge in [-0.1, -0.05) is 0 Å². The molecule has 0 saturated carbocycles. The first-order valence-electron chi connectivity index (χ1n) is 5.46. The van der Waals surface area contributed by atoms with Crippen LogP contribution in [-0.2, 0) is 6.42 Å². The highest BCUT2D eigenvalue weighted by Gasteiger charge is 2.26. The lowest BCUT2D eigenvalue weighted by molar-refractivity contribution is 0.0852. The van der Waals surface area contributed by atoms with Crippen molar-refractivity contribution in [3.63, 3.8) is 0 Å². The number of nitrogens with zero attached hydrogens (tertiary/aromatic N) is 2. The van der Waals surface area contributed by atoms with E-state index in [-0.39, 0.29) is 12.2 Å². The Labute approximate surface area is 97.1 Å². The molecule has 0 radical (unpaired) electrons. The molecule has 3 rings (SSSR count). The Kier molecular flexibility index (Phi) is 2.12. The summed E-state index contributed by atoms with van der Waals surface area (Å²) in [4.78, 5) is 19.0. The highest BCUT2D eigenvalue weighted by Crippen LogP contribution is 2.25. The topological polar surface area (TPSA) is 94.7 Å². The average molecular weight is 232 g/mol. The van der Waals surface area contributed by atoms with Crippen molar-refractivity contribution in [2.75, 3.05) is 0 Å². The number of aliphatic hydroxyl groups excluding tert-OH is 1. The third kappa shape index (κ3) is 1.66. The minimum absolute atomic E-state index is 0.0338. The fourth-order valence-electron chi connectivity index (χ4n) is 2.12. The fourth-order valence-corrected chi connectivity index (χ4v) is 2.12. The summed E-state index contributed by atoms with van der Waals surface area (Å²) < 4.78 is 0. The van der Waals surface area contributed by atoms with Crippen LogP contribution >= 0.6 is 0 Å². The fraction of sp³-hybridized carbons (Fsp3) is 0.364. The van der Waals surface area contributed by atoms with Gasteiger partial charge in [0.05, 0.1) is 11.8 Å². The Morgan fingerprint density at radius 3 is 3.00 bits per heavy atom. The molecule has 0 saturated heterocycles. The predicted octanol–water partition coefficient (Wildman–Crippen LogP) is 0.598. The van der Waals surface area contributed by atoms with E-state index < -0.39 is 6.10 Å². The van der Waals surface area contributed by atoms with E-state index >= 15 is 0 Å². The molecule has 2 aromatic heterocycles. The number of carbonyl (C=O) groups excluding carboxylic acids is 1. The van der Waals surface area contributed by atoms with E-state index in [1.54, 1.807) is 6.07 Å². The molecule has 1 unspecified atom stereocenters. The molecule has 1 aliphatic carbocycles. The van der Waals surface area contributed by atoms with Crippen molar-refractivity contribution < 1.29 is 9.90 Å². The molecule has 17 heavy (non-hydrogen) atoms. The van der Waals surface area contributed by atoms with E-state index in [1.807, 2.05) is 6.92 Å². The molecule has 0 spiro atoms. The molecule has 0 amide bonds. The first kappa shape index (κ1) is 10.2. The SMILES string of the molecule is Cc1nc(-c2cc3c([nH]2)CC(O)CC3=O)n[nH]1. The van der Waals surface area contributed by atoms with Crippen LogP contribution in [0.15, 0.2) is 6.07 Å². The standard InChI is InChI=1S/C11H12N4O2/c1-5-12-11(15-14-5)9-4-7-8(13-9)2-6(16)3-10(7)17/h4,6,13,16H,2-3H2,1H3,(H,12,14,15). The number of H-pyrrole nitrogens is 2. The van der Waals surface area contributed by atoms with Crippen LogP contribution < -0.4 is 0 Å². The molecule has 6 nitrogen and oxygen atoms in total. The lowest BCUT2D eigenvalue weighted by atomic mass is 9.94. The maximum Gasteiger partial charge on any atom is 0.197 e. The molecule has 88 valence electrons. The van der Waals surface area contributed by atoms with Crippen molar-refractivity contribution >= 4 is 5.78 Å². The largest absolute Gasteiger partial charge is 0.392 e. The van der Waals surface area contributed by atoms with Gasteiger partial charge in [-0.25, -0.2) is 4.98 Å². The lowest BCUT2D eigenvalue weighted by Crippen LogP contribution is -2.23. The summed E-state index contributed by atoms with van der Waals surface area (Å²) in [5, 5.41) is 16.3. The summed E-state index contributed by atoms with van der Waals surface area (Å²) in [6.45, 7) is 1.81. The van der Waals surface area contributed by atoms with Crippen molar-refractivity contribution in [3.8, 4) is 11.5 Å². The average Bonchev–Trinajstić information content (AvgIpc) is 2.83. The summed E-state index contributed by atoms with van der Waals surface area (Å²) in [6.07, 6.45) is 0.0808. The summed E-state index contributed by atoms with van der Waals surface area (Å²) >= 11 is 0. The molecule has 0 fully saturated rings. The Hall–Kier alpha value is -1.95. The normalized spacial score (nSPS) is 19.4.